The van der Waals surface area contributed by atoms with Gasteiger partial charge in [-0.1, -0.05) is 0 Å². The SMILES string of the molecule is CS(=O)(=O)N[C@H]1CCN2C(=O)COc3ncncc3C3CCC(CC3)OC[C@@H]12. The van der Waals surface area contributed by atoms with E-state index in [0.29, 0.717) is 31.4 Å². The third kappa shape index (κ3) is 4.28. The molecule has 4 heterocycles. The molecule has 1 saturated carbocycles. The predicted molar refractivity (Wildman–Crippen MR) is 100 cm³/mol. The molecule has 1 saturated heterocycles. The molecule has 0 radical (unpaired) electrons. The number of sulfonamides is 1. The number of rotatable bonds is 2. The molecule has 1 amide bonds. The fourth-order valence-corrected chi connectivity index (χ4v) is 5.32. The maximum absolute atomic E-state index is 12.8. The quantitative estimate of drug-likeness (QED) is 0.753. The first-order valence-electron chi connectivity index (χ1n) is 9.72. The maximum atomic E-state index is 12.8. The Bertz CT molecular complexity index is 825. The van der Waals surface area contributed by atoms with Crippen LogP contribution in [0.1, 0.15) is 43.6 Å². The molecule has 28 heavy (non-hydrogen) atoms. The van der Waals surface area contributed by atoms with Gasteiger partial charge in [0, 0.05) is 24.3 Å². The van der Waals surface area contributed by atoms with Crippen molar-refractivity contribution < 1.29 is 22.7 Å². The summed E-state index contributed by atoms with van der Waals surface area (Å²) in [6.45, 7) is 0.649. The summed E-state index contributed by atoms with van der Waals surface area (Å²) in [5.74, 6) is 0.572. The van der Waals surface area contributed by atoms with Crippen molar-refractivity contribution in [3.8, 4) is 5.88 Å². The zero-order chi connectivity index (χ0) is 19.7. The third-order valence-electron chi connectivity index (χ3n) is 5.88. The Morgan fingerprint density at radius 2 is 2.00 bits per heavy atom. The molecule has 1 N–H and O–H groups in total. The van der Waals surface area contributed by atoms with Crippen LogP contribution in [0.2, 0.25) is 0 Å². The van der Waals surface area contributed by atoms with Gasteiger partial charge in [0.2, 0.25) is 15.9 Å². The third-order valence-corrected chi connectivity index (χ3v) is 6.61. The Hall–Kier alpha value is -1.78. The fourth-order valence-electron chi connectivity index (χ4n) is 4.50. The van der Waals surface area contributed by atoms with E-state index < -0.39 is 10.0 Å². The van der Waals surface area contributed by atoms with Crippen LogP contribution >= 0.6 is 0 Å². The number of aromatic nitrogens is 2. The van der Waals surface area contributed by atoms with Crippen molar-refractivity contribution in [3.63, 3.8) is 0 Å². The van der Waals surface area contributed by atoms with Crippen molar-refractivity contribution in [2.24, 2.45) is 0 Å². The van der Waals surface area contributed by atoms with E-state index in [1.807, 2.05) is 0 Å². The Labute approximate surface area is 164 Å². The summed E-state index contributed by atoms with van der Waals surface area (Å²) in [5.41, 5.74) is 0.947. The Morgan fingerprint density at radius 3 is 2.75 bits per heavy atom. The molecular weight excluding hydrogens is 384 g/mol. The number of nitrogens with zero attached hydrogens (tertiary/aromatic N) is 3. The summed E-state index contributed by atoms with van der Waals surface area (Å²) >= 11 is 0. The zero-order valence-corrected chi connectivity index (χ0v) is 16.7. The molecule has 1 aliphatic carbocycles. The number of carbonyl (C=O) groups is 1. The van der Waals surface area contributed by atoms with Crippen LogP contribution < -0.4 is 9.46 Å². The summed E-state index contributed by atoms with van der Waals surface area (Å²) in [7, 11) is -3.37. The van der Waals surface area contributed by atoms with E-state index in [2.05, 4.69) is 14.7 Å². The normalized spacial score (nSPS) is 31.2. The number of hydrogen-bond acceptors (Lipinski definition) is 7. The monoisotopic (exact) mass is 410 g/mol. The van der Waals surface area contributed by atoms with Crippen molar-refractivity contribution >= 4 is 15.9 Å². The molecule has 2 bridgehead atoms. The molecule has 0 spiro atoms. The zero-order valence-electron chi connectivity index (χ0n) is 15.9. The molecule has 0 unspecified atom stereocenters. The lowest BCUT2D eigenvalue weighted by Gasteiger charge is -2.32. The molecule has 2 atom stereocenters. The lowest BCUT2D eigenvalue weighted by molar-refractivity contribution is -0.136. The summed E-state index contributed by atoms with van der Waals surface area (Å²) in [4.78, 5) is 22.9. The number of amides is 1. The molecule has 1 aromatic heterocycles. The van der Waals surface area contributed by atoms with Gasteiger partial charge in [-0.05, 0) is 38.0 Å². The maximum Gasteiger partial charge on any atom is 0.260 e. The molecule has 0 aromatic carbocycles. The van der Waals surface area contributed by atoms with E-state index in [-0.39, 0.29) is 30.7 Å². The number of ether oxygens (including phenoxy) is 2. The molecule has 4 aliphatic rings. The molecule has 10 heteroatoms. The lowest BCUT2D eigenvalue weighted by Crippen LogP contribution is -2.50. The first kappa shape index (κ1) is 19.5. The molecule has 2 fully saturated rings. The van der Waals surface area contributed by atoms with Crippen molar-refractivity contribution in [2.45, 2.75) is 56.2 Å². The van der Waals surface area contributed by atoms with Gasteiger partial charge in [-0.3, -0.25) is 4.79 Å². The molecule has 5 rings (SSSR count). The van der Waals surface area contributed by atoms with Gasteiger partial charge in [-0.15, -0.1) is 0 Å². The average molecular weight is 410 g/mol. The number of carbonyl (C=O) groups excluding carboxylic acids is 1. The largest absolute Gasteiger partial charge is 0.467 e. The average Bonchev–Trinajstić information content (AvgIpc) is 3.05. The van der Waals surface area contributed by atoms with Gasteiger partial charge in [0.05, 0.1) is 25.0 Å². The van der Waals surface area contributed by atoms with E-state index >= 15 is 0 Å². The second kappa shape index (κ2) is 7.92. The van der Waals surface area contributed by atoms with Crippen molar-refractivity contribution in [1.29, 1.82) is 0 Å². The summed E-state index contributed by atoms with van der Waals surface area (Å²) in [6.07, 6.45) is 8.72. The second-order valence-corrected chi connectivity index (χ2v) is 9.60. The van der Waals surface area contributed by atoms with E-state index in [4.69, 9.17) is 9.47 Å². The van der Waals surface area contributed by atoms with Crippen LogP contribution in [-0.4, -0.2) is 73.4 Å². The minimum Gasteiger partial charge on any atom is -0.467 e. The smallest absolute Gasteiger partial charge is 0.260 e. The first-order chi connectivity index (χ1) is 13.4. The van der Waals surface area contributed by atoms with Crippen LogP contribution in [0.3, 0.4) is 0 Å². The van der Waals surface area contributed by atoms with Gasteiger partial charge in [-0.2, -0.15) is 0 Å². The van der Waals surface area contributed by atoms with Gasteiger partial charge in [0.15, 0.2) is 6.61 Å². The van der Waals surface area contributed by atoms with Crippen molar-refractivity contribution in [3.05, 3.63) is 18.1 Å². The van der Waals surface area contributed by atoms with Gasteiger partial charge in [0.25, 0.3) is 5.91 Å². The summed E-state index contributed by atoms with van der Waals surface area (Å²) in [5, 5.41) is 0. The van der Waals surface area contributed by atoms with E-state index in [1.165, 1.54) is 6.33 Å². The first-order valence-corrected chi connectivity index (χ1v) is 11.6. The van der Waals surface area contributed by atoms with E-state index in [9.17, 15) is 13.2 Å². The molecule has 1 aromatic rings. The number of hydrogen-bond donors (Lipinski definition) is 1. The van der Waals surface area contributed by atoms with Gasteiger partial charge < -0.3 is 14.4 Å². The van der Waals surface area contributed by atoms with Crippen molar-refractivity contribution in [1.82, 2.24) is 19.6 Å². The minimum absolute atomic E-state index is 0.113. The Morgan fingerprint density at radius 1 is 1.21 bits per heavy atom. The van der Waals surface area contributed by atoms with Gasteiger partial charge >= 0.3 is 0 Å². The number of nitrogens with one attached hydrogen (secondary N) is 1. The van der Waals surface area contributed by atoms with Crippen LogP contribution in [0.4, 0.5) is 0 Å². The van der Waals surface area contributed by atoms with Crippen LogP contribution in [0, 0.1) is 0 Å². The predicted octanol–water partition coefficient (Wildman–Crippen LogP) is 0.431. The highest BCUT2D eigenvalue weighted by Gasteiger charge is 2.40. The molecule has 154 valence electrons. The highest BCUT2D eigenvalue weighted by atomic mass is 32.2. The molecule has 3 aliphatic heterocycles. The molecule has 9 nitrogen and oxygen atoms in total. The summed E-state index contributed by atoms with van der Waals surface area (Å²) in [6, 6.07) is -0.691. The second-order valence-electron chi connectivity index (χ2n) is 7.82. The van der Waals surface area contributed by atoms with Crippen molar-refractivity contribution in [2.75, 3.05) is 26.0 Å². The lowest BCUT2D eigenvalue weighted by atomic mass is 9.83. The summed E-state index contributed by atoms with van der Waals surface area (Å²) < 4.78 is 38.1. The van der Waals surface area contributed by atoms with Crippen LogP contribution in [0.25, 0.3) is 0 Å². The van der Waals surface area contributed by atoms with Crippen LogP contribution in [0.5, 0.6) is 5.88 Å². The van der Waals surface area contributed by atoms with Crippen LogP contribution in [-0.2, 0) is 19.6 Å². The van der Waals surface area contributed by atoms with Gasteiger partial charge in [-0.25, -0.2) is 23.1 Å². The Balaban J connectivity index is 1.59. The molecular formula is C18H26N4O5S. The van der Waals surface area contributed by atoms with E-state index in [0.717, 1.165) is 37.5 Å². The fraction of sp³-hybridized carbons (Fsp3) is 0.722. The highest BCUT2D eigenvalue weighted by Crippen LogP contribution is 2.37. The minimum atomic E-state index is -3.37. The van der Waals surface area contributed by atoms with Gasteiger partial charge in [0.1, 0.15) is 6.33 Å². The topological polar surface area (TPSA) is 111 Å². The highest BCUT2D eigenvalue weighted by molar-refractivity contribution is 7.88. The van der Waals surface area contributed by atoms with E-state index in [1.54, 1.807) is 11.1 Å². The Kier molecular flexibility index (Phi) is 5.52. The standard InChI is InChI=1S/C18H26N4O5S/c1-28(24,25)21-15-6-7-22-16(15)9-26-13-4-2-12(3-5-13)14-8-19-11-20-18(14)27-10-17(22)23/h8,11-13,15-16,21H,2-7,9-10H2,1H3/t12?,13?,15-,16-/m0/s1. The van der Waals surface area contributed by atoms with Crippen LogP contribution in [0.15, 0.2) is 12.5 Å². The number of fused-ring (bicyclic) bond motifs is 5.